The van der Waals surface area contributed by atoms with Gasteiger partial charge in [0.1, 0.15) is 0 Å². The highest BCUT2D eigenvalue weighted by Crippen LogP contribution is 2.27. The van der Waals surface area contributed by atoms with E-state index in [2.05, 4.69) is 5.32 Å². The number of nitrogens with one attached hydrogen (secondary N) is 1. The molecule has 0 radical (unpaired) electrons. The van der Waals surface area contributed by atoms with Crippen molar-refractivity contribution < 1.29 is 22.4 Å². The number of hydrogen-bond donors (Lipinski definition) is 2. The van der Waals surface area contributed by atoms with E-state index in [-0.39, 0.29) is 11.8 Å². The van der Waals surface area contributed by atoms with Gasteiger partial charge >= 0.3 is 0 Å². The van der Waals surface area contributed by atoms with Crippen LogP contribution in [0.25, 0.3) is 0 Å². The topological polar surface area (TPSA) is 84.9 Å². The molecule has 0 fully saturated rings. The zero-order chi connectivity index (χ0) is 15.2. The summed E-state index contributed by atoms with van der Waals surface area (Å²) in [6, 6.07) is 5.56. The number of hydrogen-bond acceptors (Lipinski definition) is 5. The molecular formula is C13H21NO5S. The number of benzene rings is 1. The molecule has 1 unspecified atom stereocenters. The van der Waals surface area contributed by atoms with Crippen LogP contribution in [0, 0.1) is 0 Å². The number of rotatable bonds is 8. The molecule has 1 rings (SSSR count). The van der Waals surface area contributed by atoms with E-state index in [0.29, 0.717) is 24.5 Å². The van der Waals surface area contributed by atoms with Crippen LogP contribution in [-0.2, 0) is 16.7 Å². The SMILES string of the molecule is COc1ccc(CNC(C)CCS(=O)(=O)O)cc1OC. The van der Waals surface area contributed by atoms with E-state index >= 15 is 0 Å². The summed E-state index contributed by atoms with van der Waals surface area (Å²) in [6.45, 7) is 2.44. The number of methoxy groups -OCH3 is 2. The Labute approximate surface area is 119 Å². The summed E-state index contributed by atoms with van der Waals surface area (Å²) in [5.41, 5.74) is 1.00. The highest BCUT2D eigenvalue weighted by molar-refractivity contribution is 7.85. The summed E-state index contributed by atoms with van der Waals surface area (Å²) in [5.74, 6) is 1.07. The molecule has 0 aliphatic rings. The lowest BCUT2D eigenvalue weighted by Gasteiger charge is -2.14. The fourth-order valence-electron chi connectivity index (χ4n) is 1.71. The maximum absolute atomic E-state index is 10.7. The molecule has 0 amide bonds. The second-order valence-electron chi connectivity index (χ2n) is 4.55. The Bertz CT molecular complexity index is 530. The van der Waals surface area contributed by atoms with Crippen LogP contribution in [0.3, 0.4) is 0 Å². The van der Waals surface area contributed by atoms with Gasteiger partial charge in [-0.1, -0.05) is 6.07 Å². The monoisotopic (exact) mass is 303 g/mol. The normalized spacial score (nSPS) is 13.0. The minimum Gasteiger partial charge on any atom is -0.493 e. The van der Waals surface area contributed by atoms with Crippen molar-refractivity contribution in [2.24, 2.45) is 0 Å². The molecule has 2 N–H and O–H groups in total. The third-order valence-corrected chi connectivity index (χ3v) is 3.66. The van der Waals surface area contributed by atoms with Gasteiger partial charge < -0.3 is 14.8 Å². The first-order chi connectivity index (χ1) is 9.35. The third-order valence-electron chi connectivity index (χ3n) is 2.91. The minimum absolute atomic E-state index is 0.0231. The van der Waals surface area contributed by atoms with Gasteiger partial charge in [-0.3, -0.25) is 4.55 Å². The van der Waals surface area contributed by atoms with Gasteiger partial charge in [-0.2, -0.15) is 8.42 Å². The van der Waals surface area contributed by atoms with Gasteiger partial charge in [-0.05, 0) is 31.0 Å². The van der Waals surface area contributed by atoms with Crippen molar-refractivity contribution in [3.63, 3.8) is 0 Å². The third kappa shape index (κ3) is 5.77. The molecule has 1 aromatic carbocycles. The fourth-order valence-corrected chi connectivity index (χ4v) is 2.36. The van der Waals surface area contributed by atoms with Gasteiger partial charge in [0.2, 0.25) is 0 Å². The fraction of sp³-hybridized carbons (Fsp3) is 0.538. The van der Waals surface area contributed by atoms with E-state index in [4.69, 9.17) is 14.0 Å². The van der Waals surface area contributed by atoms with Crippen LogP contribution in [-0.4, -0.2) is 39.0 Å². The Morgan fingerprint density at radius 1 is 1.25 bits per heavy atom. The van der Waals surface area contributed by atoms with Gasteiger partial charge in [-0.15, -0.1) is 0 Å². The van der Waals surface area contributed by atoms with E-state index in [1.165, 1.54) is 0 Å². The van der Waals surface area contributed by atoms with Crippen molar-refractivity contribution in [2.45, 2.75) is 25.9 Å². The minimum atomic E-state index is -3.90. The number of ether oxygens (including phenoxy) is 2. The van der Waals surface area contributed by atoms with Crippen molar-refractivity contribution in [3.8, 4) is 11.5 Å². The van der Waals surface area contributed by atoms with Crippen molar-refractivity contribution in [1.82, 2.24) is 5.32 Å². The van der Waals surface area contributed by atoms with E-state index in [9.17, 15) is 8.42 Å². The molecule has 0 heterocycles. The highest BCUT2D eigenvalue weighted by Gasteiger charge is 2.10. The Kier molecular flexibility index (Phi) is 6.25. The van der Waals surface area contributed by atoms with Gasteiger partial charge in [-0.25, -0.2) is 0 Å². The first-order valence-corrected chi connectivity index (χ1v) is 7.86. The Morgan fingerprint density at radius 2 is 1.90 bits per heavy atom. The molecule has 0 aliphatic carbocycles. The van der Waals surface area contributed by atoms with E-state index in [0.717, 1.165) is 5.56 Å². The van der Waals surface area contributed by atoms with Crippen LogP contribution < -0.4 is 14.8 Å². The summed E-state index contributed by atoms with van der Waals surface area (Å²) in [6.07, 6.45) is 0.353. The van der Waals surface area contributed by atoms with Crippen LogP contribution in [0.2, 0.25) is 0 Å². The molecule has 1 aromatic rings. The Balaban J connectivity index is 2.53. The van der Waals surface area contributed by atoms with Crippen LogP contribution in [0.4, 0.5) is 0 Å². The van der Waals surface area contributed by atoms with E-state index in [1.807, 2.05) is 25.1 Å². The summed E-state index contributed by atoms with van der Waals surface area (Å²) < 4.78 is 40.4. The molecule has 1 atom stereocenters. The molecule has 114 valence electrons. The lowest BCUT2D eigenvalue weighted by molar-refractivity contribution is 0.354. The standard InChI is InChI=1S/C13H21NO5S/c1-10(6-7-20(15,16)17)14-9-11-4-5-12(18-2)13(8-11)19-3/h4-5,8,10,14H,6-7,9H2,1-3H3,(H,15,16,17). The smallest absolute Gasteiger partial charge is 0.264 e. The molecule has 0 spiro atoms. The Morgan fingerprint density at radius 3 is 2.45 bits per heavy atom. The van der Waals surface area contributed by atoms with Gasteiger partial charge in [0.05, 0.1) is 20.0 Å². The molecular weight excluding hydrogens is 282 g/mol. The zero-order valence-corrected chi connectivity index (χ0v) is 12.7. The molecule has 20 heavy (non-hydrogen) atoms. The quantitative estimate of drug-likeness (QED) is 0.707. The van der Waals surface area contributed by atoms with Crippen molar-refractivity contribution in [3.05, 3.63) is 23.8 Å². The Hall–Kier alpha value is -1.31. The lowest BCUT2D eigenvalue weighted by atomic mass is 10.2. The predicted octanol–water partition coefficient (Wildman–Crippen LogP) is 1.46. The molecule has 0 saturated carbocycles. The van der Waals surface area contributed by atoms with Crippen LogP contribution in [0.5, 0.6) is 11.5 Å². The van der Waals surface area contributed by atoms with Gasteiger partial charge in [0, 0.05) is 12.6 Å². The molecule has 0 aromatic heterocycles. The van der Waals surface area contributed by atoms with Crippen LogP contribution in [0.15, 0.2) is 18.2 Å². The summed E-state index contributed by atoms with van der Waals surface area (Å²) in [5, 5.41) is 3.19. The van der Waals surface area contributed by atoms with Crippen molar-refractivity contribution in [1.29, 1.82) is 0 Å². The van der Waals surface area contributed by atoms with Crippen molar-refractivity contribution in [2.75, 3.05) is 20.0 Å². The molecule has 0 saturated heterocycles. The average Bonchev–Trinajstić information content (AvgIpc) is 2.41. The first kappa shape index (κ1) is 16.7. The molecule has 0 bridgehead atoms. The highest BCUT2D eigenvalue weighted by atomic mass is 32.2. The van der Waals surface area contributed by atoms with Crippen molar-refractivity contribution >= 4 is 10.1 Å². The maximum atomic E-state index is 10.7. The second-order valence-corrected chi connectivity index (χ2v) is 6.12. The second kappa shape index (κ2) is 7.47. The summed E-state index contributed by atoms with van der Waals surface area (Å²) >= 11 is 0. The van der Waals surface area contributed by atoms with Gasteiger partial charge in [0.15, 0.2) is 11.5 Å². The molecule has 6 nitrogen and oxygen atoms in total. The predicted molar refractivity (Wildman–Crippen MR) is 76.9 cm³/mol. The van der Waals surface area contributed by atoms with Gasteiger partial charge in [0.25, 0.3) is 10.1 Å². The first-order valence-electron chi connectivity index (χ1n) is 6.25. The lowest BCUT2D eigenvalue weighted by Crippen LogP contribution is -2.27. The zero-order valence-electron chi connectivity index (χ0n) is 11.9. The average molecular weight is 303 g/mol. The maximum Gasteiger partial charge on any atom is 0.264 e. The van der Waals surface area contributed by atoms with Crippen LogP contribution >= 0.6 is 0 Å². The van der Waals surface area contributed by atoms with E-state index < -0.39 is 10.1 Å². The molecule has 0 aliphatic heterocycles. The summed E-state index contributed by atoms with van der Waals surface area (Å²) in [4.78, 5) is 0. The van der Waals surface area contributed by atoms with Crippen LogP contribution in [0.1, 0.15) is 18.9 Å². The summed E-state index contributed by atoms with van der Waals surface area (Å²) in [7, 11) is -0.749. The largest absolute Gasteiger partial charge is 0.493 e. The van der Waals surface area contributed by atoms with E-state index in [1.54, 1.807) is 14.2 Å². The molecule has 7 heteroatoms.